The van der Waals surface area contributed by atoms with E-state index in [4.69, 9.17) is 11.5 Å². The second-order valence-corrected chi connectivity index (χ2v) is 17.7. The van der Waals surface area contributed by atoms with Crippen molar-refractivity contribution >= 4 is 96.1 Å². The van der Waals surface area contributed by atoms with Gasteiger partial charge in [0, 0.05) is 21.5 Å². The number of phenols is 2. The van der Waals surface area contributed by atoms with Gasteiger partial charge in [0.05, 0.1) is 32.5 Å². The van der Waals surface area contributed by atoms with E-state index in [0.717, 1.165) is 36.4 Å². The molecule has 0 amide bonds. The molecule has 6 N–H and O–H groups in total. The Labute approximate surface area is 442 Å². The largest absolute Gasteiger partial charge is 1.00 e. The van der Waals surface area contributed by atoms with E-state index in [1.807, 2.05) is 0 Å². The second-order valence-electron chi connectivity index (χ2n) is 12.5. The number of hydrogen-bond donors (Lipinski definition) is 4. The van der Waals surface area contributed by atoms with Crippen LogP contribution >= 0.6 is 0 Å². The summed E-state index contributed by atoms with van der Waals surface area (Å²) in [5.41, 5.74) is 9.56. The van der Waals surface area contributed by atoms with Crippen molar-refractivity contribution in [1.29, 1.82) is 0 Å². The molecule has 0 radical (unpaired) electrons. The Hall–Kier alpha value is -2.12. The second kappa shape index (κ2) is 20.6. The zero-order valence-electron chi connectivity index (χ0n) is 33.3. The van der Waals surface area contributed by atoms with Crippen molar-refractivity contribution in [1.82, 2.24) is 0 Å². The Balaban J connectivity index is 0.00000331. The van der Waals surface area contributed by atoms with Gasteiger partial charge in [-0.15, -0.1) is 10.2 Å². The van der Waals surface area contributed by atoms with Crippen molar-refractivity contribution in [3.05, 3.63) is 83.9 Å². The molecule has 0 heterocycles. The van der Waals surface area contributed by atoms with Crippen LogP contribution in [-0.2, 0) is 40.5 Å². The van der Waals surface area contributed by atoms with Gasteiger partial charge in [0.2, 0.25) is 0 Å². The summed E-state index contributed by atoms with van der Waals surface area (Å²) in [6.07, 6.45) is 0. The zero-order chi connectivity index (χ0) is 42.9. The van der Waals surface area contributed by atoms with E-state index >= 15 is 0 Å². The summed E-state index contributed by atoms with van der Waals surface area (Å²) < 4.78 is 148. The Kier molecular flexibility index (Phi) is 18.6. The topological polar surface area (TPSA) is 371 Å². The third kappa shape index (κ3) is 11.1. The fourth-order valence-corrected chi connectivity index (χ4v) is 9.53. The van der Waals surface area contributed by atoms with Crippen molar-refractivity contribution < 1.29 is 180 Å². The smallest absolute Gasteiger partial charge is 0.744 e. The molecule has 0 atom stereocenters. The Morgan fingerprint density at radius 2 is 0.774 bits per heavy atom. The summed E-state index contributed by atoms with van der Waals surface area (Å²) in [5.74, 6) is -1.42. The monoisotopic (exact) mass is 960 g/mol. The van der Waals surface area contributed by atoms with Gasteiger partial charge in [-0.05, 0) is 72.5 Å². The average molecular weight is 961 g/mol. The van der Waals surface area contributed by atoms with Crippen molar-refractivity contribution in [3.63, 3.8) is 0 Å². The molecule has 6 rings (SSSR count). The van der Waals surface area contributed by atoms with Gasteiger partial charge in [-0.3, -0.25) is 0 Å². The summed E-state index contributed by atoms with van der Waals surface area (Å²) in [6.45, 7) is 3.07. The maximum Gasteiger partial charge on any atom is 1.00 e. The first kappa shape index (κ1) is 56.0. The van der Waals surface area contributed by atoms with Gasteiger partial charge in [-0.1, -0.05) is 36.4 Å². The van der Waals surface area contributed by atoms with Crippen LogP contribution in [-0.4, -0.2) is 62.1 Å². The number of benzene rings is 6. The van der Waals surface area contributed by atoms with Crippen LogP contribution in [0.3, 0.4) is 0 Å². The average Bonchev–Trinajstić information content (AvgIpc) is 3.08. The van der Waals surface area contributed by atoms with Crippen LogP contribution in [0.2, 0.25) is 0 Å². The maximum absolute atomic E-state index is 12.4. The molecule has 0 aliphatic carbocycles. The van der Waals surface area contributed by atoms with Gasteiger partial charge in [0.25, 0.3) is 0 Å². The number of aromatic hydroxyl groups is 2. The first-order valence-corrected chi connectivity index (χ1v) is 21.5. The summed E-state index contributed by atoms with van der Waals surface area (Å²) in [4.78, 5) is -5.29. The number of phenolic OH excluding ortho intramolecular Hbond substituents is 2. The summed E-state index contributed by atoms with van der Waals surface area (Å²) in [5, 5.41) is 33.7. The molecule has 0 aliphatic heterocycles. The zero-order valence-corrected chi connectivity index (χ0v) is 44.6. The number of rotatable bonds is 9. The number of aryl methyl sites for hydroxylation is 2. The standard InChI is InChI=1S/C34H28N6O14S4.4Na/c1-15-13-17(9-11-21(15)37-39-29-31(55(43,44)45)19-5-3-7-23(41)25(19)27(35)33(29)57(49,50)51)18-10-12-22(16(2)14-18)38-40-30-32(56(46,47)48)20-6-4-8-24(42)26(20)28(36)34(30)58(52,53)54;;;;/h3-14,41-42H,35-36H2,1-2H3,(H,43,44,45)(H,46,47,48)(H,49,50,51)(H,52,53,54);;;;/q;4*+1/p-4/b39-37+,40-38+;;;;. The molecule has 62 heavy (non-hydrogen) atoms. The van der Waals surface area contributed by atoms with E-state index in [1.165, 1.54) is 38.1 Å². The summed E-state index contributed by atoms with van der Waals surface area (Å²) >= 11 is 0. The molecule has 6 aromatic carbocycles. The number of anilines is 2. The number of nitrogens with zero attached hydrogens (tertiary/aromatic N) is 4. The third-order valence-electron chi connectivity index (χ3n) is 8.70. The van der Waals surface area contributed by atoms with Crippen LogP contribution in [0.15, 0.2) is 113 Å². The Morgan fingerprint density at radius 1 is 0.468 bits per heavy atom. The molecular weight excluding hydrogens is 937 g/mol. The molecule has 0 saturated carbocycles. The van der Waals surface area contributed by atoms with Gasteiger partial charge in [0.15, 0.2) is 0 Å². The quantitative estimate of drug-likeness (QED) is 0.0453. The predicted molar refractivity (Wildman–Crippen MR) is 202 cm³/mol. The molecule has 0 spiro atoms. The molecular formula is C34H24N6Na4O14S4. The van der Waals surface area contributed by atoms with Crippen molar-refractivity contribution in [2.45, 2.75) is 33.4 Å². The Bertz CT molecular complexity index is 3100. The van der Waals surface area contributed by atoms with E-state index in [0.29, 0.717) is 22.3 Å². The van der Waals surface area contributed by atoms with Gasteiger partial charge in [0.1, 0.15) is 73.1 Å². The number of nitrogens with two attached hydrogens (primary N) is 2. The van der Waals surface area contributed by atoms with Crippen LogP contribution in [0.4, 0.5) is 34.1 Å². The Morgan fingerprint density at radius 3 is 1.05 bits per heavy atom. The molecule has 0 saturated heterocycles. The molecule has 6 aromatic rings. The number of azo groups is 2. The molecule has 0 aliphatic rings. The molecule has 20 nitrogen and oxygen atoms in total. The van der Waals surface area contributed by atoms with Crippen LogP contribution in [0.25, 0.3) is 32.7 Å². The first-order valence-electron chi connectivity index (χ1n) is 15.8. The first-order chi connectivity index (χ1) is 26.8. The van der Waals surface area contributed by atoms with Gasteiger partial charge in [-0.2, -0.15) is 10.2 Å². The van der Waals surface area contributed by atoms with Crippen LogP contribution < -0.4 is 130 Å². The molecule has 28 heteroatoms. The minimum atomic E-state index is -5.62. The summed E-state index contributed by atoms with van der Waals surface area (Å²) in [7, 11) is -22.4. The maximum atomic E-state index is 12.4. The summed E-state index contributed by atoms with van der Waals surface area (Å²) in [6, 6.07) is 15.4. The SMILES string of the molecule is Cc1cc(-c2ccc(/N=N/c3c(S(=O)(=O)[O-])c(N)c4c(O)cccc4c3S(=O)(=O)[O-])c(C)c2)ccc1/N=N/c1c(S(=O)(=O)[O-])c(N)c2c(O)cccc2c1S(=O)(=O)[O-].[Na+].[Na+].[Na+].[Na+]. The fourth-order valence-electron chi connectivity index (χ4n) is 6.26. The van der Waals surface area contributed by atoms with Gasteiger partial charge in [-0.25, -0.2) is 33.7 Å². The molecule has 0 aromatic heterocycles. The van der Waals surface area contributed by atoms with E-state index in [2.05, 4.69) is 20.5 Å². The molecule has 302 valence electrons. The van der Waals surface area contributed by atoms with Crippen molar-refractivity contribution in [2.24, 2.45) is 20.5 Å². The van der Waals surface area contributed by atoms with E-state index in [1.54, 1.807) is 12.1 Å². The third-order valence-corrected chi connectivity index (χ3v) is 12.4. The number of nitrogen functional groups attached to an aromatic ring is 2. The minimum Gasteiger partial charge on any atom is -0.744 e. The number of fused-ring (bicyclic) bond motifs is 2. The van der Waals surface area contributed by atoms with Gasteiger partial charge >= 0.3 is 118 Å². The minimum absolute atomic E-state index is 0. The van der Waals surface area contributed by atoms with Crippen LogP contribution in [0.5, 0.6) is 11.5 Å². The van der Waals surface area contributed by atoms with E-state index < -0.39 is 116 Å². The molecule has 0 fully saturated rings. The van der Waals surface area contributed by atoms with E-state index in [9.17, 15) is 62.1 Å². The van der Waals surface area contributed by atoms with Crippen LogP contribution in [0, 0.1) is 13.8 Å². The van der Waals surface area contributed by atoms with Crippen LogP contribution in [0.1, 0.15) is 11.1 Å². The number of hydrogen-bond acceptors (Lipinski definition) is 20. The fraction of sp³-hybridized carbons (Fsp3) is 0.0588. The molecule has 0 bridgehead atoms. The normalized spacial score (nSPS) is 12.2. The van der Waals surface area contributed by atoms with Crippen molar-refractivity contribution in [3.8, 4) is 22.6 Å². The predicted octanol–water partition coefficient (Wildman–Crippen LogP) is -6.68. The molecule has 0 unspecified atom stereocenters. The van der Waals surface area contributed by atoms with Crippen molar-refractivity contribution in [2.75, 3.05) is 11.5 Å². The van der Waals surface area contributed by atoms with Gasteiger partial charge < -0.3 is 39.9 Å². The van der Waals surface area contributed by atoms with E-state index in [-0.39, 0.29) is 130 Å².